The number of nitrogens with one attached hydrogen (secondary N) is 3. The van der Waals surface area contributed by atoms with Crippen molar-refractivity contribution in [2.75, 3.05) is 4.72 Å². The molecule has 0 aliphatic rings. The number of halogens is 1. The zero-order valence-electron chi connectivity index (χ0n) is 16.7. The van der Waals surface area contributed by atoms with Gasteiger partial charge in [-0.05, 0) is 47.8 Å². The summed E-state index contributed by atoms with van der Waals surface area (Å²) in [6.45, 7) is 0. The smallest absolute Gasteiger partial charge is 0.288 e. The van der Waals surface area contributed by atoms with E-state index >= 15 is 0 Å². The highest BCUT2D eigenvalue weighted by atomic mass is 32.2. The van der Waals surface area contributed by atoms with Crippen LogP contribution in [-0.4, -0.2) is 29.8 Å². The lowest BCUT2D eigenvalue weighted by Crippen LogP contribution is -2.42. The molecule has 9 nitrogen and oxygen atoms in total. The molecule has 2 aromatic heterocycles. The maximum Gasteiger partial charge on any atom is 0.288 e. The van der Waals surface area contributed by atoms with E-state index in [4.69, 9.17) is 0 Å². The van der Waals surface area contributed by atoms with Gasteiger partial charge in [0.1, 0.15) is 15.7 Å². The van der Waals surface area contributed by atoms with Gasteiger partial charge in [0.05, 0.1) is 23.8 Å². The molecule has 2 heterocycles. The molecule has 0 spiro atoms. The molecule has 4 rings (SSSR count). The van der Waals surface area contributed by atoms with Gasteiger partial charge in [-0.3, -0.25) is 29.7 Å². The van der Waals surface area contributed by atoms with Crippen LogP contribution in [0, 0.1) is 5.82 Å². The molecule has 0 unspecified atom stereocenters. The van der Waals surface area contributed by atoms with Crippen LogP contribution >= 0.6 is 11.3 Å². The van der Waals surface area contributed by atoms with Gasteiger partial charge in [-0.15, -0.1) is 11.3 Å². The number of carbonyl (C=O) groups is 2. The molecule has 3 N–H and O–H groups in total. The number of hydrogen-bond acceptors (Lipinski definition) is 6. The number of hydrazine groups is 1. The molecule has 0 fully saturated rings. The van der Waals surface area contributed by atoms with Gasteiger partial charge in [0.25, 0.3) is 21.8 Å². The second kappa shape index (κ2) is 9.22. The van der Waals surface area contributed by atoms with Crippen molar-refractivity contribution in [3.8, 4) is 5.69 Å². The van der Waals surface area contributed by atoms with Crippen LogP contribution in [0.3, 0.4) is 0 Å². The van der Waals surface area contributed by atoms with Crippen LogP contribution in [0.1, 0.15) is 20.8 Å². The maximum absolute atomic E-state index is 13.2. The van der Waals surface area contributed by atoms with E-state index in [1.165, 1.54) is 59.6 Å². The topological polar surface area (TPSA) is 122 Å². The molecule has 2 amide bonds. The largest absolute Gasteiger partial charge is 0.295 e. The summed E-state index contributed by atoms with van der Waals surface area (Å²) < 4.78 is 42.1. The minimum Gasteiger partial charge on any atom is -0.295 e. The van der Waals surface area contributed by atoms with Crippen LogP contribution in [-0.2, 0) is 10.0 Å². The van der Waals surface area contributed by atoms with E-state index in [1.54, 1.807) is 23.6 Å². The van der Waals surface area contributed by atoms with Crippen LogP contribution in [0.5, 0.6) is 0 Å². The first-order valence-electron chi connectivity index (χ1n) is 9.39. The first-order valence-corrected chi connectivity index (χ1v) is 11.8. The number of rotatable bonds is 6. The van der Waals surface area contributed by atoms with Gasteiger partial charge < -0.3 is 0 Å². The third-order valence-electron chi connectivity index (χ3n) is 4.44. The third-order valence-corrected chi connectivity index (χ3v) is 7.20. The average molecular weight is 486 g/mol. The molecular weight excluding hydrogens is 469 g/mol. The number of aromatic nitrogens is 2. The summed E-state index contributed by atoms with van der Waals surface area (Å²) in [5.41, 5.74) is 5.18. The molecule has 0 bridgehead atoms. The van der Waals surface area contributed by atoms with Crippen LogP contribution in [0.4, 0.5) is 10.1 Å². The zero-order valence-corrected chi connectivity index (χ0v) is 18.4. The molecule has 168 valence electrons. The Hall–Kier alpha value is -4.03. The summed E-state index contributed by atoms with van der Waals surface area (Å²) in [6.07, 6.45) is 2.66. The monoisotopic (exact) mass is 485 g/mol. The maximum atomic E-state index is 13.2. The summed E-state index contributed by atoms with van der Waals surface area (Å²) in [5, 5.41) is 1.62. The van der Waals surface area contributed by atoms with Gasteiger partial charge in [-0.25, -0.2) is 17.8 Å². The van der Waals surface area contributed by atoms with E-state index in [1.807, 2.05) is 0 Å². The Balaban J connectivity index is 1.48. The highest BCUT2D eigenvalue weighted by molar-refractivity contribution is 7.94. The summed E-state index contributed by atoms with van der Waals surface area (Å²) in [5.74, 6) is -1.84. The molecular formula is C21H16FN5O4S2. The fraction of sp³-hybridized carbons (Fsp3) is 0. The first kappa shape index (κ1) is 22.2. The van der Waals surface area contributed by atoms with E-state index in [9.17, 15) is 22.4 Å². The molecule has 0 aliphatic heterocycles. The number of sulfonamides is 1. The number of carbonyl (C=O) groups excluding carboxylic acids is 2. The second-order valence-corrected chi connectivity index (χ2v) is 9.47. The number of hydrogen-bond donors (Lipinski definition) is 3. The normalized spacial score (nSPS) is 11.1. The van der Waals surface area contributed by atoms with Crippen molar-refractivity contribution in [1.29, 1.82) is 0 Å². The van der Waals surface area contributed by atoms with Crippen molar-refractivity contribution in [1.82, 2.24) is 20.4 Å². The molecule has 0 atom stereocenters. The second-order valence-electron chi connectivity index (χ2n) is 6.62. The van der Waals surface area contributed by atoms with Gasteiger partial charge in [-0.1, -0.05) is 18.2 Å². The number of imidazole rings is 1. The van der Waals surface area contributed by atoms with Gasteiger partial charge >= 0.3 is 0 Å². The number of anilines is 1. The minimum absolute atomic E-state index is 0.00460. The van der Waals surface area contributed by atoms with Gasteiger partial charge in [0.2, 0.25) is 0 Å². The molecule has 33 heavy (non-hydrogen) atoms. The number of para-hydroxylation sites is 1. The quantitative estimate of drug-likeness (QED) is 0.363. The van der Waals surface area contributed by atoms with E-state index in [0.29, 0.717) is 5.69 Å². The lowest BCUT2D eigenvalue weighted by molar-refractivity contribution is 0.0843. The Morgan fingerprint density at radius 3 is 2.39 bits per heavy atom. The van der Waals surface area contributed by atoms with E-state index in [2.05, 4.69) is 20.6 Å². The molecule has 0 radical (unpaired) electrons. The highest BCUT2D eigenvalue weighted by Gasteiger charge is 2.20. The highest BCUT2D eigenvalue weighted by Crippen LogP contribution is 2.22. The molecule has 0 saturated heterocycles. The van der Waals surface area contributed by atoms with Crippen molar-refractivity contribution in [3.63, 3.8) is 0 Å². The molecule has 0 saturated carbocycles. The van der Waals surface area contributed by atoms with Crippen molar-refractivity contribution >= 4 is 38.9 Å². The van der Waals surface area contributed by atoms with Gasteiger partial charge in [0, 0.05) is 5.69 Å². The van der Waals surface area contributed by atoms with Crippen LogP contribution in [0.15, 0.2) is 82.8 Å². The Labute approximate surface area is 191 Å². The van der Waals surface area contributed by atoms with E-state index < -0.39 is 27.7 Å². The van der Waals surface area contributed by atoms with E-state index in [-0.39, 0.29) is 21.2 Å². The lowest BCUT2D eigenvalue weighted by atomic mass is 10.2. The fourth-order valence-corrected chi connectivity index (χ4v) is 4.97. The third kappa shape index (κ3) is 4.91. The average Bonchev–Trinajstić information content (AvgIpc) is 3.51. The van der Waals surface area contributed by atoms with Crippen LogP contribution in [0.2, 0.25) is 0 Å². The SMILES string of the molecule is O=C(NNC(=O)c1cncn1-c1ccc(F)cc1)c1ccccc1NS(=O)(=O)c1cccs1. The first-order chi connectivity index (χ1) is 15.8. The van der Waals surface area contributed by atoms with Gasteiger partial charge in [0.15, 0.2) is 0 Å². The number of benzene rings is 2. The summed E-state index contributed by atoms with van der Waals surface area (Å²) in [7, 11) is -3.87. The fourth-order valence-electron chi connectivity index (χ4n) is 2.90. The Kier molecular flexibility index (Phi) is 6.20. The van der Waals surface area contributed by atoms with Crippen LogP contribution in [0.25, 0.3) is 5.69 Å². The van der Waals surface area contributed by atoms with Crippen molar-refractivity contribution in [2.24, 2.45) is 0 Å². The Morgan fingerprint density at radius 1 is 0.939 bits per heavy atom. The molecule has 2 aromatic carbocycles. The van der Waals surface area contributed by atoms with Crippen molar-refractivity contribution in [2.45, 2.75) is 4.21 Å². The number of thiophene rings is 1. The summed E-state index contributed by atoms with van der Waals surface area (Å²) >= 11 is 1.04. The molecule has 0 aliphatic carbocycles. The predicted molar refractivity (Wildman–Crippen MR) is 120 cm³/mol. The molecule has 4 aromatic rings. The summed E-state index contributed by atoms with van der Waals surface area (Å²) in [6, 6.07) is 14.5. The number of amides is 2. The lowest BCUT2D eigenvalue weighted by Gasteiger charge is -2.13. The Bertz CT molecular complexity index is 1400. The Morgan fingerprint density at radius 2 is 1.67 bits per heavy atom. The van der Waals surface area contributed by atoms with Crippen molar-refractivity contribution in [3.05, 3.63) is 95.6 Å². The van der Waals surface area contributed by atoms with E-state index in [0.717, 1.165) is 11.3 Å². The molecule has 12 heteroatoms. The standard InChI is InChI=1S/C21H16FN5O4S2/c22-14-7-9-15(10-8-14)27-13-23-12-18(27)21(29)25-24-20(28)16-4-1-2-5-17(16)26-33(30,31)19-6-3-11-32-19/h1-13,26H,(H,24,28)(H,25,29). The summed E-state index contributed by atoms with van der Waals surface area (Å²) in [4.78, 5) is 29.2. The van der Waals surface area contributed by atoms with Gasteiger partial charge in [-0.2, -0.15) is 0 Å². The van der Waals surface area contributed by atoms with Crippen LogP contribution < -0.4 is 15.6 Å². The predicted octanol–water partition coefficient (Wildman–Crippen LogP) is 2.95. The zero-order chi connectivity index (χ0) is 23.4. The minimum atomic E-state index is -3.87. The van der Waals surface area contributed by atoms with Crippen molar-refractivity contribution < 1.29 is 22.4 Å². The number of nitrogens with zero attached hydrogens (tertiary/aromatic N) is 2.